The van der Waals surface area contributed by atoms with Crippen molar-refractivity contribution in [2.24, 2.45) is 0 Å². The lowest BCUT2D eigenvalue weighted by Gasteiger charge is -2.21. The number of aromatic hydroxyl groups is 2. The highest BCUT2D eigenvalue weighted by atomic mass is 16.5. The Morgan fingerprint density at radius 2 is 1.68 bits per heavy atom. The van der Waals surface area contributed by atoms with Crippen molar-refractivity contribution >= 4 is 5.97 Å². The van der Waals surface area contributed by atoms with Gasteiger partial charge in [-0.1, -0.05) is 24.3 Å². The summed E-state index contributed by atoms with van der Waals surface area (Å²) < 4.78 is 12.2. The molecule has 3 aromatic rings. The number of carbonyl (C=O) groups is 1. The molecular weight excluding hydrogens is 434 g/mol. The van der Waals surface area contributed by atoms with E-state index < -0.39 is 11.9 Å². The first kappa shape index (κ1) is 24.9. The number of pyridine rings is 1. The van der Waals surface area contributed by atoms with E-state index in [9.17, 15) is 19.8 Å². The summed E-state index contributed by atoms with van der Waals surface area (Å²) in [6.45, 7) is 6.00. The van der Waals surface area contributed by atoms with Crippen molar-refractivity contribution in [2.45, 2.75) is 52.2 Å². The molecular formula is C27H31NO6. The molecule has 1 heterocycles. The van der Waals surface area contributed by atoms with E-state index in [-0.39, 0.29) is 35.1 Å². The highest BCUT2D eigenvalue weighted by Gasteiger charge is 2.26. The molecule has 2 N–H and O–H groups in total. The number of methoxy groups -OCH3 is 1. The molecule has 7 nitrogen and oxygen atoms in total. The Kier molecular flexibility index (Phi) is 7.99. The van der Waals surface area contributed by atoms with Gasteiger partial charge in [-0.15, -0.1) is 0 Å². The van der Waals surface area contributed by atoms with Crippen LogP contribution in [0.25, 0.3) is 0 Å². The SMILES string of the molecule is COC(=O)C[C@@H](c1ccc(OC(C)C)cc1)c1c(O)cc(C)n(CCc2ccc(O)cc2)c1=O. The number of phenols is 1. The van der Waals surface area contributed by atoms with Gasteiger partial charge in [-0.25, -0.2) is 0 Å². The van der Waals surface area contributed by atoms with Crippen molar-refractivity contribution in [3.05, 3.63) is 87.3 Å². The Morgan fingerprint density at radius 3 is 2.26 bits per heavy atom. The van der Waals surface area contributed by atoms with Crippen molar-refractivity contribution in [2.75, 3.05) is 7.11 Å². The molecule has 0 spiro atoms. The largest absolute Gasteiger partial charge is 0.508 e. The fourth-order valence-corrected chi connectivity index (χ4v) is 3.97. The summed E-state index contributed by atoms with van der Waals surface area (Å²) in [5.41, 5.74) is 2.07. The molecule has 0 bridgehead atoms. The monoisotopic (exact) mass is 465 g/mol. The summed E-state index contributed by atoms with van der Waals surface area (Å²) in [7, 11) is 1.30. The van der Waals surface area contributed by atoms with Gasteiger partial charge < -0.3 is 24.3 Å². The molecule has 34 heavy (non-hydrogen) atoms. The van der Waals surface area contributed by atoms with Crippen LogP contribution in [0.3, 0.4) is 0 Å². The van der Waals surface area contributed by atoms with Crippen LogP contribution >= 0.6 is 0 Å². The van der Waals surface area contributed by atoms with Gasteiger partial charge in [0.25, 0.3) is 5.56 Å². The Bertz CT molecular complexity index is 1180. The van der Waals surface area contributed by atoms with Crippen LogP contribution < -0.4 is 10.3 Å². The van der Waals surface area contributed by atoms with Crippen molar-refractivity contribution in [3.63, 3.8) is 0 Å². The van der Waals surface area contributed by atoms with Crippen molar-refractivity contribution in [1.82, 2.24) is 4.57 Å². The fourth-order valence-electron chi connectivity index (χ4n) is 3.97. The number of nitrogens with zero attached hydrogens (tertiary/aromatic N) is 1. The van der Waals surface area contributed by atoms with Crippen LogP contribution in [-0.2, 0) is 22.5 Å². The van der Waals surface area contributed by atoms with Gasteiger partial charge in [-0.3, -0.25) is 9.59 Å². The number of aromatic nitrogens is 1. The minimum atomic E-state index is -0.687. The normalized spacial score (nSPS) is 11.9. The van der Waals surface area contributed by atoms with Crippen LogP contribution in [0.5, 0.6) is 17.2 Å². The minimum absolute atomic E-state index is 0.0126. The molecule has 1 aromatic heterocycles. The van der Waals surface area contributed by atoms with Crippen molar-refractivity contribution in [3.8, 4) is 17.2 Å². The summed E-state index contributed by atoms with van der Waals surface area (Å²) in [6.07, 6.45) is 0.484. The number of phenolic OH excluding ortho intramolecular Hbond substituents is 1. The molecule has 0 unspecified atom stereocenters. The average Bonchev–Trinajstić information content (AvgIpc) is 2.79. The minimum Gasteiger partial charge on any atom is -0.508 e. The third kappa shape index (κ3) is 5.98. The van der Waals surface area contributed by atoms with E-state index in [1.54, 1.807) is 66.1 Å². The van der Waals surface area contributed by atoms with E-state index in [0.29, 0.717) is 30.0 Å². The highest BCUT2D eigenvalue weighted by Crippen LogP contribution is 2.33. The van der Waals surface area contributed by atoms with Crippen LogP contribution in [-0.4, -0.2) is 34.0 Å². The third-order valence-corrected chi connectivity index (χ3v) is 5.68. The van der Waals surface area contributed by atoms with Crippen LogP contribution in [0.2, 0.25) is 0 Å². The molecule has 3 rings (SSSR count). The topological polar surface area (TPSA) is 98.0 Å². The molecule has 7 heteroatoms. The van der Waals surface area contributed by atoms with Crippen LogP contribution in [0.15, 0.2) is 59.4 Å². The number of esters is 1. The zero-order chi connectivity index (χ0) is 24.8. The quantitative estimate of drug-likeness (QED) is 0.458. The molecule has 0 fully saturated rings. The molecule has 0 saturated heterocycles. The Morgan fingerprint density at radius 1 is 1.03 bits per heavy atom. The maximum absolute atomic E-state index is 13.6. The number of carbonyl (C=O) groups excluding carboxylic acids is 1. The summed E-state index contributed by atoms with van der Waals surface area (Å²) in [5, 5.41) is 20.3. The predicted molar refractivity (Wildman–Crippen MR) is 130 cm³/mol. The second-order valence-corrected chi connectivity index (χ2v) is 8.53. The van der Waals surface area contributed by atoms with Crippen LogP contribution in [0.4, 0.5) is 0 Å². The number of hydrogen-bond donors (Lipinski definition) is 2. The lowest BCUT2D eigenvalue weighted by Crippen LogP contribution is -2.29. The zero-order valence-electron chi connectivity index (χ0n) is 19.9. The lowest BCUT2D eigenvalue weighted by molar-refractivity contribution is -0.140. The first-order valence-corrected chi connectivity index (χ1v) is 11.2. The first-order chi connectivity index (χ1) is 16.2. The van der Waals surface area contributed by atoms with Crippen molar-refractivity contribution in [1.29, 1.82) is 0 Å². The van der Waals surface area contributed by atoms with E-state index in [1.807, 2.05) is 13.8 Å². The number of ether oxygens (including phenoxy) is 2. The summed E-state index contributed by atoms with van der Waals surface area (Å²) in [4.78, 5) is 25.8. The summed E-state index contributed by atoms with van der Waals surface area (Å²) in [5.74, 6) is -0.467. The molecule has 180 valence electrons. The van der Waals surface area contributed by atoms with Gasteiger partial charge in [0, 0.05) is 18.2 Å². The van der Waals surface area contributed by atoms with Gasteiger partial charge in [-0.05, 0) is 68.7 Å². The lowest BCUT2D eigenvalue weighted by atomic mass is 9.88. The molecule has 0 aliphatic heterocycles. The maximum Gasteiger partial charge on any atom is 0.306 e. The van der Waals surface area contributed by atoms with Gasteiger partial charge in [0.15, 0.2) is 0 Å². The number of aryl methyl sites for hydroxylation is 2. The van der Waals surface area contributed by atoms with Crippen molar-refractivity contribution < 1.29 is 24.5 Å². The van der Waals surface area contributed by atoms with E-state index >= 15 is 0 Å². The number of benzene rings is 2. The zero-order valence-corrected chi connectivity index (χ0v) is 19.9. The average molecular weight is 466 g/mol. The van der Waals surface area contributed by atoms with Gasteiger partial charge in [0.1, 0.15) is 17.2 Å². The Labute approximate surface area is 199 Å². The third-order valence-electron chi connectivity index (χ3n) is 5.68. The maximum atomic E-state index is 13.6. The second-order valence-electron chi connectivity index (χ2n) is 8.53. The van der Waals surface area contributed by atoms with Gasteiger partial charge in [0.2, 0.25) is 0 Å². The molecule has 1 atom stereocenters. The number of rotatable bonds is 9. The standard InChI is InChI=1S/C27H31NO6/c1-17(2)34-22-11-7-20(8-12-22)23(16-25(31)33-4)26-24(30)15-18(3)28(27(26)32)14-13-19-5-9-21(29)10-6-19/h5-12,15,17,23,29-30H,13-14,16H2,1-4H3/t23-/m0/s1. The molecule has 0 radical (unpaired) electrons. The summed E-state index contributed by atoms with van der Waals surface area (Å²) >= 11 is 0. The van der Waals surface area contributed by atoms with Crippen LogP contribution in [0.1, 0.15) is 48.6 Å². The van der Waals surface area contributed by atoms with E-state index in [2.05, 4.69) is 0 Å². The van der Waals surface area contributed by atoms with Gasteiger partial charge in [-0.2, -0.15) is 0 Å². The predicted octanol–water partition coefficient (Wildman–Crippen LogP) is 4.29. The van der Waals surface area contributed by atoms with E-state index in [4.69, 9.17) is 9.47 Å². The molecule has 0 aliphatic rings. The van der Waals surface area contributed by atoms with E-state index in [1.165, 1.54) is 7.11 Å². The molecule has 0 aliphatic carbocycles. The van der Waals surface area contributed by atoms with E-state index in [0.717, 1.165) is 5.56 Å². The first-order valence-electron chi connectivity index (χ1n) is 11.2. The molecule has 0 amide bonds. The highest BCUT2D eigenvalue weighted by molar-refractivity contribution is 5.71. The van der Waals surface area contributed by atoms with Crippen LogP contribution in [0, 0.1) is 6.92 Å². The number of hydrogen-bond acceptors (Lipinski definition) is 6. The Balaban J connectivity index is 2.00. The molecule has 2 aromatic carbocycles. The van der Waals surface area contributed by atoms with Gasteiger partial charge >= 0.3 is 5.97 Å². The molecule has 0 saturated carbocycles. The second kappa shape index (κ2) is 10.9. The smallest absolute Gasteiger partial charge is 0.306 e. The van der Waals surface area contributed by atoms with Gasteiger partial charge in [0.05, 0.1) is 25.2 Å². The Hall–Kier alpha value is -3.74. The fraction of sp³-hybridized carbons (Fsp3) is 0.333. The summed E-state index contributed by atoms with van der Waals surface area (Å²) in [6, 6.07) is 15.5.